The summed E-state index contributed by atoms with van der Waals surface area (Å²) in [6.45, 7) is 2.75. The Bertz CT molecular complexity index is 364. The van der Waals surface area contributed by atoms with E-state index in [1.807, 2.05) is 17.9 Å². The van der Waals surface area contributed by atoms with Crippen molar-refractivity contribution < 1.29 is 8.78 Å². The fourth-order valence-corrected chi connectivity index (χ4v) is 2.16. The van der Waals surface area contributed by atoms with Crippen LogP contribution in [0.4, 0.5) is 14.6 Å². The van der Waals surface area contributed by atoms with Crippen LogP contribution in [0, 0.1) is 12.8 Å². The van der Waals surface area contributed by atoms with Crippen molar-refractivity contribution in [3.63, 3.8) is 0 Å². The molecule has 0 amide bonds. The van der Waals surface area contributed by atoms with Crippen molar-refractivity contribution in [3.8, 4) is 0 Å². The third-order valence-corrected chi connectivity index (χ3v) is 3.02. The first-order valence-corrected chi connectivity index (χ1v) is 5.52. The van der Waals surface area contributed by atoms with E-state index in [-0.39, 0.29) is 0 Å². The standard InChI is InChI=1S/C10H11BrF2N2/c1-6-2-8(11)3-14-10(6)15-4-7(5-15)9(12)13/h2-3,7,9H,4-5H2,1H3. The number of pyridine rings is 1. The molecule has 2 rings (SSSR count). The topological polar surface area (TPSA) is 16.1 Å². The van der Waals surface area contributed by atoms with Crippen LogP contribution in [0.25, 0.3) is 0 Å². The normalized spacial score (nSPS) is 17.0. The van der Waals surface area contributed by atoms with Gasteiger partial charge in [0.25, 0.3) is 0 Å². The molecular formula is C10H11BrF2N2. The second kappa shape index (κ2) is 4.04. The van der Waals surface area contributed by atoms with Crippen molar-refractivity contribution in [2.24, 2.45) is 5.92 Å². The third-order valence-electron chi connectivity index (χ3n) is 2.58. The van der Waals surface area contributed by atoms with Gasteiger partial charge in [0, 0.05) is 23.8 Å². The molecule has 0 bridgehead atoms. The summed E-state index contributed by atoms with van der Waals surface area (Å²) in [7, 11) is 0. The van der Waals surface area contributed by atoms with Crippen LogP contribution in [-0.4, -0.2) is 24.5 Å². The van der Waals surface area contributed by atoms with Crippen molar-refractivity contribution in [3.05, 3.63) is 22.3 Å². The maximum Gasteiger partial charge on any atom is 0.244 e. The zero-order valence-corrected chi connectivity index (χ0v) is 9.84. The summed E-state index contributed by atoms with van der Waals surface area (Å²) in [6, 6.07) is 1.94. The van der Waals surface area contributed by atoms with Crippen molar-refractivity contribution in [1.29, 1.82) is 0 Å². The lowest BCUT2D eigenvalue weighted by atomic mass is 10.0. The number of anilines is 1. The van der Waals surface area contributed by atoms with Gasteiger partial charge in [0.1, 0.15) is 5.82 Å². The molecule has 1 aliphatic heterocycles. The second-order valence-electron chi connectivity index (χ2n) is 3.79. The van der Waals surface area contributed by atoms with Gasteiger partial charge >= 0.3 is 0 Å². The van der Waals surface area contributed by atoms with E-state index in [1.165, 1.54) is 0 Å². The number of hydrogen-bond acceptors (Lipinski definition) is 2. The highest BCUT2D eigenvalue weighted by atomic mass is 79.9. The van der Waals surface area contributed by atoms with Crippen LogP contribution in [0.2, 0.25) is 0 Å². The molecule has 1 saturated heterocycles. The second-order valence-corrected chi connectivity index (χ2v) is 4.71. The third kappa shape index (κ3) is 2.12. The van der Waals surface area contributed by atoms with E-state index in [9.17, 15) is 8.78 Å². The minimum Gasteiger partial charge on any atom is -0.355 e. The molecule has 15 heavy (non-hydrogen) atoms. The van der Waals surface area contributed by atoms with E-state index < -0.39 is 12.3 Å². The highest BCUT2D eigenvalue weighted by molar-refractivity contribution is 9.10. The maximum absolute atomic E-state index is 12.3. The van der Waals surface area contributed by atoms with Crippen LogP contribution < -0.4 is 4.90 Å². The Labute approximate surface area is 95.4 Å². The van der Waals surface area contributed by atoms with E-state index in [4.69, 9.17) is 0 Å². The average molecular weight is 277 g/mol. The number of aryl methyl sites for hydroxylation is 1. The SMILES string of the molecule is Cc1cc(Br)cnc1N1CC(C(F)F)C1. The van der Waals surface area contributed by atoms with Crippen LogP contribution >= 0.6 is 15.9 Å². The molecule has 5 heteroatoms. The summed E-state index contributed by atoms with van der Waals surface area (Å²) in [4.78, 5) is 6.12. The fraction of sp³-hybridized carbons (Fsp3) is 0.500. The number of nitrogens with zero attached hydrogens (tertiary/aromatic N) is 2. The molecular weight excluding hydrogens is 266 g/mol. The lowest BCUT2D eigenvalue weighted by Crippen LogP contribution is -2.50. The number of hydrogen-bond donors (Lipinski definition) is 0. The minimum atomic E-state index is -2.21. The van der Waals surface area contributed by atoms with E-state index >= 15 is 0 Å². The molecule has 0 saturated carbocycles. The average Bonchev–Trinajstić information content (AvgIpc) is 2.05. The summed E-state index contributed by atoms with van der Waals surface area (Å²) in [5.74, 6) is 0.324. The first kappa shape index (κ1) is 10.8. The largest absolute Gasteiger partial charge is 0.355 e. The van der Waals surface area contributed by atoms with Crippen LogP contribution in [0.1, 0.15) is 5.56 Å². The highest BCUT2D eigenvalue weighted by Crippen LogP contribution is 2.29. The Balaban J connectivity index is 2.07. The summed E-state index contributed by atoms with van der Waals surface area (Å²) in [6.07, 6.45) is -0.519. The van der Waals surface area contributed by atoms with Gasteiger partial charge in [0.15, 0.2) is 0 Å². The van der Waals surface area contributed by atoms with Gasteiger partial charge in [0.2, 0.25) is 6.43 Å². The zero-order chi connectivity index (χ0) is 11.0. The minimum absolute atomic E-state index is 0.410. The summed E-state index contributed by atoms with van der Waals surface area (Å²) in [5, 5.41) is 0. The molecule has 2 heterocycles. The highest BCUT2D eigenvalue weighted by Gasteiger charge is 2.35. The summed E-state index contributed by atoms with van der Waals surface area (Å²) < 4.78 is 25.5. The Morgan fingerprint density at radius 2 is 2.20 bits per heavy atom. The van der Waals surface area contributed by atoms with E-state index in [0.29, 0.717) is 13.1 Å². The Morgan fingerprint density at radius 1 is 1.53 bits per heavy atom. The lowest BCUT2D eigenvalue weighted by Gasteiger charge is -2.40. The van der Waals surface area contributed by atoms with Gasteiger partial charge in [-0.25, -0.2) is 13.8 Å². The first-order valence-electron chi connectivity index (χ1n) is 4.73. The van der Waals surface area contributed by atoms with Crippen LogP contribution in [0.3, 0.4) is 0 Å². The van der Waals surface area contributed by atoms with Crippen molar-refractivity contribution in [2.45, 2.75) is 13.3 Å². The van der Waals surface area contributed by atoms with Gasteiger partial charge in [-0.1, -0.05) is 0 Å². The molecule has 0 aromatic carbocycles. The molecule has 1 aliphatic rings. The molecule has 0 atom stereocenters. The Hall–Kier alpha value is -0.710. The molecule has 2 nitrogen and oxygen atoms in total. The monoisotopic (exact) mass is 276 g/mol. The smallest absolute Gasteiger partial charge is 0.244 e. The maximum atomic E-state index is 12.3. The Kier molecular flexibility index (Phi) is 2.91. The van der Waals surface area contributed by atoms with Gasteiger partial charge < -0.3 is 4.90 Å². The van der Waals surface area contributed by atoms with Gasteiger partial charge in [-0.3, -0.25) is 0 Å². The number of rotatable bonds is 2. The number of alkyl halides is 2. The van der Waals surface area contributed by atoms with Gasteiger partial charge in [0.05, 0.1) is 5.92 Å². The summed E-state index contributed by atoms with van der Waals surface area (Å²) in [5.41, 5.74) is 1.01. The van der Waals surface area contributed by atoms with Gasteiger partial charge in [-0.15, -0.1) is 0 Å². The molecule has 0 radical (unpaired) electrons. The molecule has 1 aromatic rings. The van der Waals surface area contributed by atoms with E-state index in [2.05, 4.69) is 20.9 Å². The fourth-order valence-electron chi connectivity index (χ4n) is 1.71. The first-order chi connectivity index (χ1) is 7.08. The van der Waals surface area contributed by atoms with E-state index in [1.54, 1.807) is 6.20 Å². The number of aromatic nitrogens is 1. The predicted octanol–water partition coefficient (Wildman–Crippen LogP) is 2.85. The van der Waals surface area contributed by atoms with Crippen LogP contribution in [-0.2, 0) is 0 Å². The summed E-state index contributed by atoms with van der Waals surface area (Å²) >= 11 is 3.32. The van der Waals surface area contributed by atoms with Gasteiger partial charge in [-0.05, 0) is 34.5 Å². The molecule has 0 aliphatic carbocycles. The Morgan fingerprint density at radius 3 is 2.73 bits per heavy atom. The van der Waals surface area contributed by atoms with Crippen molar-refractivity contribution >= 4 is 21.7 Å². The van der Waals surface area contributed by atoms with Crippen molar-refractivity contribution in [2.75, 3.05) is 18.0 Å². The molecule has 1 fully saturated rings. The lowest BCUT2D eigenvalue weighted by molar-refractivity contribution is 0.0611. The van der Waals surface area contributed by atoms with Crippen LogP contribution in [0.5, 0.6) is 0 Å². The zero-order valence-electron chi connectivity index (χ0n) is 8.25. The van der Waals surface area contributed by atoms with E-state index in [0.717, 1.165) is 15.9 Å². The molecule has 0 N–H and O–H groups in total. The van der Waals surface area contributed by atoms with Crippen LogP contribution in [0.15, 0.2) is 16.7 Å². The quantitative estimate of drug-likeness (QED) is 0.826. The van der Waals surface area contributed by atoms with Crippen molar-refractivity contribution in [1.82, 2.24) is 4.98 Å². The van der Waals surface area contributed by atoms with Gasteiger partial charge in [-0.2, -0.15) is 0 Å². The predicted molar refractivity (Wildman–Crippen MR) is 58.4 cm³/mol. The molecule has 1 aromatic heterocycles. The molecule has 82 valence electrons. The molecule has 0 spiro atoms. The number of halogens is 3. The molecule has 0 unspecified atom stereocenters.